The fourth-order valence-electron chi connectivity index (χ4n) is 2.04. The molecule has 1 heteroatoms. The topological polar surface area (TPSA) is 9.23 Å². The van der Waals surface area contributed by atoms with Crippen LogP contribution in [0.5, 0.6) is 0 Å². The standard InChI is InChI=1S/C15H26O/c1-4-5-9-12-15(2,3)13-16-14-10-7-6-8-11-14/h4-5,9,12,14H,6-8,10-11,13H2,1-3H3/b5-4-,12-9-. The Morgan fingerprint density at radius 1 is 1.12 bits per heavy atom. The van der Waals surface area contributed by atoms with Crippen LogP contribution in [-0.2, 0) is 4.74 Å². The molecule has 0 amide bonds. The van der Waals surface area contributed by atoms with Crippen molar-refractivity contribution in [1.29, 1.82) is 0 Å². The van der Waals surface area contributed by atoms with E-state index in [1.165, 1.54) is 32.1 Å². The van der Waals surface area contributed by atoms with Crippen molar-refractivity contribution in [3.8, 4) is 0 Å². The first-order valence-electron chi connectivity index (χ1n) is 6.56. The fourth-order valence-corrected chi connectivity index (χ4v) is 2.04. The van der Waals surface area contributed by atoms with Crippen LogP contribution in [0.1, 0.15) is 52.9 Å². The Morgan fingerprint density at radius 2 is 1.81 bits per heavy atom. The summed E-state index contributed by atoms with van der Waals surface area (Å²) in [5, 5.41) is 0. The van der Waals surface area contributed by atoms with Crippen molar-refractivity contribution in [2.75, 3.05) is 6.61 Å². The van der Waals surface area contributed by atoms with Crippen molar-refractivity contribution in [3.63, 3.8) is 0 Å². The van der Waals surface area contributed by atoms with Gasteiger partial charge in [0.15, 0.2) is 0 Å². The Hall–Kier alpha value is -0.560. The number of hydrogen-bond acceptors (Lipinski definition) is 1. The Labute approximate surface area is 101 Å². The lowest BCUT2D eigenvalue weighted by molar-refractivity contribution is -0.00223. The van der Waals surface area contributed by atoms with Gasteiger partial charge >= 0.3 is 0 Å². The fraction of sp³-hybridized carbons (Fsp3) is 0.733. The summed E-state index contributed by atoms with van der Waals surface area (Å²) in [6.45, 7) is 7.34. The molecule has 1 saturated carbocycles. The number of rotatable bonds is 5. The zero-order valence-corrected chi connectivity index (χ0v) is 11.0. The third-order valence-corrected chi connectivity index (χ3v) is 3.09. The predicted molar refractivity (Wildman–Crippen MR) is 70.6 cm³/mol. The maximum atomic E-state index is 6.00. The van der Waals surface area contributed by atoms with Crippen molar-refractivity contribution in [3.05, 3.63) is 24.3 Å². The lowest BCUT2D eigenvalue weighted by Gasteiger charge is -2.27. The van der Waals surface area contributed by atoms with Crippen LogP contribution in [0.4, 0.5) is 0 Å². The highest BCUT2D eigenvalue weighted by Gasteiger charge is 2.19. The summed E-state index contributed by atoms with van der Waals surface area (Å²) in [5.74, 6) is 0. The third-order valence-electron chi connectivity index (χ3n) is 3.09. The van der Waals surface area contributed by atoms with E-state index in [9.17, 15) is 0 Å². The lowest BCUT2D eigenvalue weighted by atomic mass is 9.93. The van der Waals surface area contributed by atoms with E-state index in [2.05, 4.69) is 38.2 Å². The van der Waals surface area contributed by atoms with Crippen LogP contribution >= 0.6 is 0 Å². The second-order valence-corrected chi connectivity index (χ2v) is 5.44. The minimum absolute atomic E-state index is 0.150. The molecule has 0 aromatic rings. The van der Waals surface area contributed by atoms with Gasteiger partial charge in [0, 0.05) is 5.41 Å². The molecule has 0 aromatic heterocycles. The quantitative estimate of drug-likeness (QED) is 0.623. The van der Waals surface area contributed by atoms with Crippen molar-refractivity contribution in [1.82, 2.24) is 0 Å². The van der Waals surface area contributed by atoms with Gasteiger partial charge in [0.25, 0.3) is 0 Å². The summed E-state index contributed by atoms with van der Waals surface area (Å²) in [5.41, 5.74) is 0.150. The minimum atomic E-state index is 0.150. The zero-order chi connectivity index (χ0) is 11.9. The highest BCUT2D eigenvalue weighted by Crippen LogP contribution is 2.24. The summed E-state index contributed by atoms with van der Waals surface area (Å²) in [4.78, 5) is 0. The van der Waals surface area contributed by atoms with Gasteiger partial charge in [-0.2, -0.15) is 0 Å². The van der Waals surface area contributed by atoms with Gasteiger partial charge in [-0.05, 0) is 19.8 Å². The third kappa shape index (κ3) is 5.50. The first-order chi connectivity index (χ1) is 7.64. The Bertz CT molecular complexity index is 232. The molecule has 1 aliphatic carbocycles. The molecular weight excluding hydrogens is 196 g/mol. The largest absolute Gasteiger partial charge is 0.377 e. The number of ether oxygens (including phenoxy) is 1. The van der Waals surface area contributed by atoms with E-state index in [0.717, 1.165) is 6.61 Å². The summed E-state index contributed by atoms with van der Waals surface area (Å²) < 4.78 is 6.00. The van der Waals surface area contributed by atoms with Crippen molar-refractivity contribution in [2.45, 2.75) is 59.0 Å². The summed E-state index contributed by atoms with van der Waals surface area (Å²) in [7, 11) is 0. The maximum Gasteiger partial charge on any atom is 0.0575 e. The molecule has 1 fully saturated rings. The molecule has 0 N–H and O–H groups in total. The van der Waals surface area contributed by atoms with Gasteiger partial charge in [-0.25, -0.2) is 0 Å². The molecule has 1 nitrogen and oxygen atoms in total. The molecule has 0 atom stereocenters. The van der Waals surface area contributed by atoms with Crippen molar-refractivity contribution < 1.29 is 4.74 Å². The molecule has 0 aliphatic heterocycles. The first-order valence-corrected chi connectivity index (χ1v) is 6.56. The number of allylic oxidation sites excluding steroid dienone is 3. The predicted octanol–water partition coefficient (Wildman–Crippen LogP) is 4.49. The highest BCUT2D eigenvalue weighted by molar-refractivity contribution is 5.06. The molecular formula is C15H26O. The minimum Gasteiger partial charge on any atom is -0.377 e. The van der Waals surface area contributed by atoms with Crippen LogP contribution in [0.15, 0.2) is 24.3 Å². The van der Waals surface area contributed by atoms with Crippen LogP contribution in [-0.4, -0.2) is 12.7 Å². The van der Waals surface area contributed by atoms with E-state index in [0.29, 0.717) is 6.10 Å². The van der Waals surface area contributed by atoms with Gasteiger partial charge in [0.2, 0.25) is 0 Å². The number of hydrogen-bond donors (Lipinski definition) is 0. The second kappa shape index (κ2) is 6.90. The van der Waals surface area contributed by atoms with Gasteiger partial charge in [-0.3, -0.25) is 0 Å². The molecule has 0 aromatic carbocycles. The Morgan fingerprint density at radius 3 is 2.44 bits per heavy atom. The smallest absolute Gasteiger partial charge is 0.0575 e. The average Bonchev–Trinajstić information content (AvgIpc) is 2.28. The van der Waals surface area contributed by atoms with E-state index in [-0.39, 0.29) is 5.41 Å². The molecule has 0 bridgehead atoms. The molecule has 0 saturated heterocycles. The zero-order valence-electron chi connectivity index (χ0n) is 11.0. The second-order valence-electron chi connectivity index (χ2n) is 5.44. The molecule has 1 rings (SSSR count). The SMILES string of the molecule is C/C=C\C=C/C(C)(C)COC1CCCCC1. The van der Waals surface area contributed by atoms with E-state index >= 15 is 0 Å². The monoisotopic (exact) mass is 222 g/mol. The maximum absolute atomic E-state index is 6.00. The molecule has 0 unspecified atom stereocenters. The first kappa shape index (κ1) is 13.5. The van der Waals surface area contributed by atoms with E-state index in [1.807, 2.05) is 6.92 Å². The molecule has 0 heterocycles. The van der Waals surface area contributed by atoms with Crippen LogP contribution in [0.2, 0.25) is 0 Å². The van der Waals surface area contributed by atoms with Gasteiger partial charge in [-0.15, -0.1) is 0 Å². The van der Waals surface area contributed by atoms with Crippen LogP contribution < -0.4 is 0 Å². The summed E-state index contributed by atoms with van der Waals surface area (Å²) in [6.07, 6.45) is 15.6. The van der Waals surface area contributed by atoms with Gasteiger partial charge in [0.05, 0.1) is 12.7 Å². The average molecular weight is 222 g/mol. The Balaban J connectivity index is 2.28. The van der Waals surface area contributed by atoms with Crippen LogP contribution in [0.25, 0.3) is 0 Å². The molecule has 92 valence electrons. The van der Waals surface area contributed by atoms with Crippen LogP contribution in [0, 0.1) is 5.41 Å². The Kier molecular flexibility index (Phi) is 5.83. The summed E-state index contributed by atoms with van der Waals surface area (Å²) >= 11 is 0. The van der Waals surface area contributed by atoms with Gasteiger partial charge in [0.1, 0.15) is 0 Å². The molecule has 0 radical (unpaired) electrons. The van der Waals surface area contributed by atoms with Crippen molar-refractivity contribution >= 4 is 0 Å². The van der Waals surface area contributed by atoms with E-state index in [4.69, 9.17) is 4.74 Å². The normalized spacial score (nSPS) is 19.9. The van der Waals surface area contributed by atoms with Gasteiger partial charge in [-0.1, -0.05) is 57.4 Å². The lowest BCUT2D eigenvalue weighted by Crippen LogP contribution is -2.24. The highest BCUT2D eigenvalue weighted by atomic mass is 16.5. The van der Waals surface area contributed by atoms with Gasteiger partial charge < -0.3 is 4.74 Å². The molecule has 0 spiro atoms. The van der Waals surface area contributed by atoms with E-state index < -0.39 is 0 Å². The van der Waals surface area contributed by atoms with E-state index in [1.54, 1.807) is 0 Å². The molecule has 16 heavy (non-hydrogen) atoms. The van der Waals surface area contributed by atoms with Crippen molar-refractivity contribution in [2.24, 2.45) is 5.41 Å². The molecule has 1 aliphatic rings. The summed E-state index contributed by atoms with van der Waals surface area (Å²) in [6, 6.07) is 0. The van der Waals surface area contributed by atoms with Crippen LogP contribution in [0.3, 0.4) is 0 Å².